The lowest BCUT2D eigenvalue weighted by molar-refractivity contribution is 0.630. The van der Waals surface area contributed by atoms with Crippen LogP contribution in [0.2, 0.25) is 0 Å². The van der Waals surface area contributed by atoms with Crippen molar-refractivity contribution >= 4 is 6.08 Å². The first kappa shape index (κ1) is 15.4. The van der Waals surface area contributed by atoms with Gasteiger partial charge in [-0.15, -0.1) is 0 Å². The first-order chi connectivity index (χ1) is 9.01. The molecular weight excluding hydrogens is 242 g/mol. The molecular formula is C17H20F2. The molecule has 0 aliphatic heterocycles. The highest BCUT2D eigenvalue weighted by Gasteiger charge is 1.97. The van der Waals surface area contributed by atoms with Gasteiger partial charge in [0.15, 0.2) is 0 Å². The molecule has 0 atom stereocenters. The molecule has 0 spiro atoms. The van der Waals surface area contributed by atoms with Gasteiger partial charge in [0, 0.05) is 6.08 Å². The summed E-state index contributed by atoms with van der Waals surface area (Å²) in [5, 5.41) is 0. The molecule has 0 aromatic heterocycles. The molecule has 102 valence electrons. The second-order valence-electron chi connectivity index (χ2n) is 4.88. The van der Waals surface area contributed by atoms with E-state index in [1.807, 2.05) is 24.3 Å². The monoisotopic (exact) mass is 262 g/mol. The van der Waals surface area contributed by atoms with Crippen molar-refractivity contribution in [3.05, 3.63) is 65.3 Å². The molecule has 0 bridgehead atoms. The van der Waals surface area contributed by atoms with Gasteiger partial charge in [-0.2, -0.15) is 0 Å². The third kappa shape index (κ3) is 6.14. The lowest BCUT2D eigenvalue weighted by Crippen LogP contribution is -1.93. The molecule has 0 aliphatic rings. The third-order valence-corrected chi connectivity index (χ3v) is 2.61. The lowest BCUT2D eigenvalue weighted by Gasteiger charge is -2.04. The predicted molar refractivity (Wildman–Crippen MR) is 78.1 cm³/mol. The molecule has 0 radical (unpaired) electrons. The molecule has 0 nitrogen and oxygen atoms in total. The van der Waals surface area contributed by atoms with Crippen LogP contribution in [0.4, 0.5) is 8.78 Å². The van der Waals surface area contributed by atoms with E-state index in [4.69, 9.17) is 0 Å². The summed E-state index contributed by atoms with van der Waals surface area (Å²) in [6.45, 7) is 5.86. The first-order valence-electron chi connectivity index (χ1n) is 6.47. The summed E-state index contributed by atoms with van der Waals surface area (Å²) in [6.07, 6.45) is 6.01. The quantitative estimate of drug-likeness (QED) is 0.604. The normalized spacial score (nSPS) is 13.6. The van der Waals surface area contributed by atoms with Crippen LogP contribution in [0.25, 0.3) is 6.08 Å². The molecule has 0 aliphatic carbocycles. The predicted octanol–water partition coefficient (Wildman–Crippen LogP) is 5.63. The van der Waals surface area contributed by atoms with Gasteiger partial charge in [0.1, 0.15) is 11.7 Å². The van der Waals surface area contributed by atoms with Gasteiger partial charge in [-0.1, -0.05) is 50.3 Å². The van der Waals surface area contributed by atoms with Crippen molar-refractivity contribution in [2.75, 3.05) is 0 Å². The minimum atomic E-state index is -0.596. The largest absolute Gasteiger partial charge is 0.207 e. The van der Waals surface area contributed by atoms with E-state index in [1.54, 1.807) is 6.08 Å². The van der Waals surface area contributed by atoms with Crippen LogP contribution in [-0.2, 0) is 6.42 Å². The molecule has 1 aromatic rings. The zero-order valence-electron chi connectivity index (χ0n) is 11.7. The van der Waals surface area contributed by atoms with E-state index in [9.17, 15) is 8.78 Å². The van der Waals surface area contributed by atoms with Crippen molar-refractivity contribution in [3.63, 3.8) is 0 Å². The van der Waals surface area contributed by atoms with Crippen molar-refractivity contribution in [2.45, 2.75) is 27.2 Å². The number of halogens is 2. The molecule has 19 heavy (non-hydrogen) atoms. The van der Waals surface area contributed by atoms with E-state index >= 15 is 0 Å². The van der Waals surface area contributed by atoms with Crippen molar-refractivity contribution in [1.29, 1.82) is 0 Å². The Balaban J connectivity index is 2.70. The summed E-state index contributed by atoms with van der Waals surface area (Å²) in [4.78, 5) is 0. The maximum atomic E-state index is 13.3. The van der Waals surface area contributed by atoms with Crippen LogP contribution in [0.3, 0.4) is 0 Å². The Kier molecular flexibility index (Phi) is 6.20. The topological polar surface area (TPSA) is 0 Å². The van der Waals surface area contributed by atoms with Crippen LogP contribution in [0.1, 0.15) is 31.9 Å². The van der Waals surface area contributed by atoms with Crippen LogP contribution in [-0.4, -0.2) is 0 Å². The van der Waals surface area contributed by atoms with Gasteiger partial charge in [0.2, 0.25) is 0 Å². The SMILES string of the molecule is C\C=C(F)/C=C(F)\C=C\c1ccc(CC(C)C)cc1. The highest BCUT2D eigenvalue weighted by Crippen LogP contribution is 2.13. The van der Waals surface area contributed by atoms with Crippen molar-refractivity contribution in [1.82, 2.24) is 0 Å². The van der Waals surface area contributed by atoms with E-state index in [0.29, 0.717) is 5.92 Å². The number of benzene rings is 1. The van der Waals surface area contributed by atoms with Crippen LogP contribution in [0.5, 0.6) is 0 Å². The van der Waals surface area contributed by atoms with E-state index in [2.05, 4.69) is 13.8 Å². The molecule has 2 heteroatoms. The van der Waals surface area contributed by atoms with Crippen LogP contribution >= 0.6 is 0 Å². The van der Waals surface area contributed by atoms with E-state index in [-0.39, 0.29) is 0 Å². The standard InChI is InChI=1S/C17H20F2/c1-4-16(18)12-17(19)10-9-14-5-7-15(8-6-14)11-13(2)3/h4-10,12-13H,11H2,1-3H3/b10-9+,16-4+,17-12+. The zero-order chi connectivity index (χ0) is 14.3. The minimum Gasteiger partial charge on any atom is -0.207 e. The Hall–Kier alpha value is -1.70. The van der Waals surface area contributed by atoms with Gasteiger partial charge in [0.25, 0.3) is 0 Å². The number of allylic oxidation sites excluding steroid dienone is 5. The maximum Gasteiger partial charge on any atom is 0.126 e. The fourth-order valence-corrected chi connectivity index (χ4v) is 1.68. The summed E-state index contributed by atoms with van der Waals surface area (Å²) < 4.78 is 26.1. The van der Waals surface area contributed by atoms with Crippen molar-refractivity contribution in [3.8, 4) is 0 Å². The van der Waals surface area contributed by atoms with Gasteiger partial charge >= 0.3 is 0 Å². The van der Waals surface area contributed by atoms with Crippen molar-refractivity contribution < 1.29 is 8.78 Å². The maximum absolute atomic E-state index is 13.3. The Morgan fingerprint density at radius 1 is 1.11 bits per heavy atom. The van der Waals surface area contributed by atoms with Gasteiger partial charge < -0.3 is 0 Å². The van der Waals surface area contributed by atoms with E-state index in [1.165, 1.54) is 24.6 Å². The number of rotatable bonds is 5. The first-order valence-corrected chi connectivity index (χ1v) is 6.47. The van der Waals surface area contributed by atoms with E-state index < -0.39 is 11.7 Å². The average Bonchev–Trinajstić information content (AvgIpc) is 2.37. The molecule has 0 unspecified atom stereocenters. The molecule has 0 N–H and O–H groups in total. The highest BCUT2D eigenvalue weighted by atomic mass is 19.1. The second kappa shape index (κ2) is 7.67. The number of hydrogen-bond acceptors (Lipinski definition) is 0. The number of hydrogen-bond donors (Lipinski definition) is 0. The lowest BCUT2D eigenvalue weighted by atomic mass is 10.0. The highest BCUT2D eigenvalue weighted by molar-refractivity contribution is 5.52. The molecule has 0 saturated carbocycles. The summed E-state index contributed by atoms with van der Waals surface area (Å²) in [5.74, 6) is -0.554. The summed E-state index contributed by atoms with van der Waals surface area (Å²) in [6, 6.07) is 7.95. The Labute approximate surface area is 114 Å². The van der Waals surface area contributed by atoms with Gasteiger partial charge in [0.05, 0.1) is 0 Å². The average molecular weight is 262 g/mol. The minimum absolute atomic E-state index is 0.575. The smallest absolute Gasteiger partial charge is 0.126 e. The third-order valence-electron chi connectivity index (χ3n) is 2.61. The van der Waals surface area contributed by atoms with Crippen molar-refractivity contribution in [2.24, 2.45) is 5.92 Å². The molecule has 0 saturated heterocycles. The Morgan fingerprint density at radius 2 is 1.74 bits per heavy atom. The van der Waals surface area contributed by atoms with Gasteiger partial charge in [-0.25, -0.2) is 8.78 Å². The fourth-order valence-electron chi connectivity index (χ4n) is 1.68. The van der Waals surface area contributed by atoms with Crippen LogP contribution in [0.15, 0.2) is 54.1 Å². The van der Waals surface area contributed by atoms with Gasteiger partial charge in [-0.3, -0.25) is 0 Å². The van der Waals surface area contributed by atoms with E-state index in [0.717, 1.165) is 18.1 Å². The molecule has 1 aromatic carbocycles. The van der Waals surface area contributed by atoms with Crippen LogP contribution < -0.4 is 0 Å². The zero-order valence-corrected chi connectivity index (χ0v) is 11.7. The Morgan fingerprint density at radius 3 is 2.26 bits per heavy atom. The second-order valence-corrected chi connectivity index (χ2v) is 4.88. The van der Waals surface area contributed by atoms with Gasteiger partial charge in [-0.05, 0) is 36.5 Å². The summed E-state index contributed by atoms with van der Waals surface area (Å²) >= 11 is 0. The molecule has 0 amide bonds. The molecule has 0 fully saturated rings. The fraction of sp³-hybridized carbons (Fsp3) is 0.294. The van der Waals surface area contributed by atoms with Crippen LogP contribution in [0, 0.1) is 5.92 Å². The molecule has 0 heterocycles. The molecule has 1 rings (SSSR count). The Bertz CT molecular complexity index is 476. The summed E-state index contributed by atoms with van der Waals surface area (Å²) in [7, 11) is 0. The summed E-state index contributed by atoms with van der Waals surface area (Å²) in [5.41, 5.74) is 2.17.